The van der Waals surface area contributed by atoms with Crippen molar-refractivity contribution in [3.63, 3.8) is 0 Å². The van der Waals surface area contributed by atoms with E-state index in [1.165, 1.54) is 0 Å². The summed E-state index contributed by atoms with van der Waals surface area (Å²) in [4.78, 5) is 24.3. The molecule has 30 heavy (non-hydrogen) atoms. The van der Waals surface area contributed by atoms with E-state index in [2.05, 4.69) is 16.3 Å². The Hall–Kier alpha value is -3.27. The van der Waals surface area contributed by atoms with Crippen LogP contribution >= 0.6 is 23.2 Å². The van der Waals surface area contributed by atoms with Crippen molar-refractivity contribution in [2.45, 2.75) is 6.92 Å². The van der Waals surface area contributed by atoms with E-state index in [9.17, 15) is 9.59 Å². The normalized spacial score (nSPS) is 10.3. The third-order valence-electron chi connectivity index (χ3n) is 4.13. The Morgan fingerprint density at radius 2 is 1.90 bits per heavy atom. The van der Waals surface area contributed by atoms with Gasteiger partial charge in [-0.3, -0.25) is 4.79 Å². The summed E-state index contributed by atoms with van der Waals surface area (Å²) >= 11 is 12.4. The SMILES string of the molecule is C#CCNC(=O)c1ccc(-n2nc(C(=O)OCC)cc2-c2ccc(Cl)cc2Cl)cc1. The monoisotopic (exact) mass is 441 g/mol. The third kappa shape index (κ3) is 4.65. The van der Waals surface area contributed by atoms with E-state index in [-0.39, 0.29) is 24.8 Å². The Kier molecular flexibility index (Phi) is 6.78. The van der Waals surface area contributed by atoms with Crippen LogP contribution in [0.5, 0.6) is 0 Å². The largest absolute Gasteiger partial charge is 0.461 e. The van der Waals surface area contributed by atoms with Crippen LogP contribution in [0.2, 0.25) is 10.0 Å². The summed E-state index contributed by atoms with van der Waals surface area (Å²) in [6, 6.07) is 13.3. The van der Waals surface area contributed by atoms with Crippen molar-refractivity contribution in [2.75, 3.05) is 13.2 Å². The lowest BCUT2D eigenvalue weighted by atomic mass is 10.1. The second-order valence-electron chi connectivity index (χ2n) is 6.10. The molecule has 8 heteroatoms. The molecule has 0 aliphatic rings. The molecule has 6 nitrogen and oxygen atoms in total. The molecular formula is C22H17Cl2N3O3. The number of benzene rings is 2. The maximum atomic E-state index is 12.2. The zero-order chi connectivity index (χ0) is 21.7. The number of carbonyl (C=O) groups excluding carboxylic acids is 2. The molecule has 0 atom stereocenters. The molecule has 0 aliphatic heterocycles. The first-order valence-electron chi connectivity index (χ1n) is 8.99. The van der Waals surface area contributed by atoms with Crippen molar-refractivity contribution in [3.05, 3.63) is 69.8 Å². The van der Waals surface area contributed by atoms with E-state index in [0.29, 0.717) is 32.6 Å². The highest BCUT2D eigenvalue weighted by Crippen LogP contribution is 2.32. The van der Waals surface area contributed by atoms with Gasteiger partial charge in [0.15, 0.2) is 5.69 Å². The summed E-state index contributed by atoms with van der Waals surface area (Å²) < 4.78 is 6.63. The van der Waals surface area contributed by atoms with Crippen LogP contribution in [0.1, 0.15) is 27.8 Å². The molecule has 152 valence electrons. The molecule has 0 saturated carbocycles. The zero-order valence-electron chi connectivity index (χ0n) is 16.0. The minimum atomic E-state index is -0.548. The van der Waals surface area contributed by atoms with Gasteiger partial charge in [0.05, 0.1) is 29.6 Å². The molecule has 0 unspecified atom stereocenters. The van der Waals surface area contributed by atoms with Gasteiger partial charge in [-0.25, -0.2) is 9.48 Å². The Morgan fingerprint density at radius 1 is 1.17 bits per heavy atom. The number of rotatable bonds is 6. The van der Waals surface area contributed by atoms with Crippen LogP contribution < -0.4 is 5.32 Å². The maximum Gasteiger partial charge on any atom is 0.358 e. The van der Waals surface area contributed by atoms with Crippen LogP contribution in [0.4, 0.5) is 0 Å². The van der Waals surface area contributed by atoms with Crippen molar-refractivity contribution in [2.24, 2.45) is 0 Å². The van der Waals surface area contributed by atoms with Gasteiger partial charge in [-0.15, -0.1) is 6.42 Å². The smallest absolute Gasteiger partial charge is 0.358 e. The molecule has 1 N–H and O–H groups in total. The van der Waals surface area contributed by atoms with Gasteiger partial charge in [-0.1, -0.05) is 29.1 Å². The molecule has 1 heterocycles. The highest BCUT2D eigenvalue weighted by Gasteiger charge is 2.19. The fourth-order valence-corrected chi connectivity index (χ4v) is 3.26. The summed E-state index contributed by atoms with van der Waals surface area (Å²) in [5.41, 5.74) is 2.41. The molecular weight excluding hydrogens is 425 g/mol. The standard InChI is InChI=1S/C22H17Cl2N3O3/c1-3-11-25-21(28)14-5-8-16(9-6-14)27-20(13-19(26-27)22(29)30-4-2)17-10-7-15(23)12-18(17)24/h1,5-10,12-13H,4,11H2,2H3,(H,25,28). The quantitative estimate of drug-likeness (QED) is 0.454. The summed E-state index contributed by atoms with van der Waals surface area (Å²) in [6.07, 6.45) is 5.16. The molecule has 0 radical (unpaired) electrons. The average Bonchev–Trinajstić information content (AvgIpc) is 3.17. The highest BCUT2D eigenvalue weighted by atomic mass is 35.5. The second kappa shape index (κ2) is 9.49. The van der Waals surface area contributed by atoms with Crippen LogP contribution in [0.3, 0.4) is 0 Å². The van der Waals surface area contributed by atoms with Crippen molar-refractivity contribution < 1.29 is 14.3 Å². The summed E-state index contributed by atoms with van der Waals surface area (Å²) in [5.74, 6) is 1.52. The highest BCUT2D eigenvalue weighted by molar-refractivity contribution is 6.36. The van der Waals surface area contributed by atoms with Crippen LogP contribution in [-0.4, -0.2) is 34.8 Å². The molecule has 3 aromatic rings. The van der Waals surface area contributed by atoms with E-state index in [1.54, 1.807) is 60.1 Å². The Bertz CT molecular complexity index is 1130. The number of terminal acetylenes is 1. The van der Waals surface area contributed by atoms with Crippen molar-refractivity contribution in [1.82, 2.24) is 15.1 Å². The van der Waals surface area contributed by atoms with E-state index in [1.807, 2.05) is 0 Å². The number of ether oxygens (including phenoxy) is 1. The minimum Gasteiger partial charge on any atom is -0.461 e. The van der Waals surface area contributed by atoms with Crippen LogP contribution in [0.25, 0.3) is 16.9 Å². The van der Waals surface area contributed by atoms with Gasteiger partial charge in [-0.05, 0) is 55.5 Å². The van der Waals surface area contributed by atoms with Crippen molar-refractivity contribution >= 4 is 35.1 Å². The molecule has 0 aliphatic carbocycles. The van der Waals surface area contributed by atoms with E-state index in [4.69, 9.17) is 34.4 Å². The number of esters is 1. The summed E-state index contributed by atoms with van der Waals surface area (Å²) in [6.45, 7) is 2.09. The predicted molar refractivity (Wildman–Crippen MR) is 116 cm³/mol. The number of halogens is 2. The Labute approximate surface area is 183 Å². The molecule has 3 rings (SSSR count). The van der Waals surface area contributed by atoms with Crippen LogP contribution in [-0.2, 0) is 4.74 Å². The van der Waals surface area contributed by atoms with E-state index < -0.39 is 5.97 Å². The first-order valence-corrected chi connectivity index (χ1v) is 9.75. The summed E-state index contributed by atoms with van der Waals surface area (Å²) in [7, 11) is 0. The van der Waals surface area contributed by atoms with Gasteiger partial charge < -0.3 is 10.1 Å². The molecule has 2 aromatic carbocycles. The lowest BCUT2D eigenvalue weighted by Crippen LogP contribution is -2.23. The molecule has 1 aromatic heterocycles. The molecule has 0 fully saturated rings. The predicted octanol–water partition coefficient (Wildman–Crippen LogP) is 4.39. The number of hydrogen-bond donors (Lipinski definition) is 1. The van der Waals surface area contributed by atoms with E-state index >= 15 is 0 Å². The number of nitrogens with zero attached hydrogens (tertiary/aromatic N) is 2. The van der Waals surface area contributed by atoms with Crippen LogP contribution in [0.15, 0.2) is 48.5 Å². The molecule has 0 spiro atoms. The number of amides is 1. The Balaban J connectivity index is 2.05. The first kappa shape index (κ1) is 21.4. The van der Waals surface area contributed by atoms with Gasteiger partial charge in [0, 0.05) is 16.1 Å². The lowest BCUT2D eigenvalue weighted by molar-refractivity contribution is 0.0519. The zero-order valence-corrected chi connectivity index (χ0v) is 17.5. The number of aromatic nitrogens is 2. The topological polar surface area (TPSA) is 73.2 Å². The number of carbonyl (C=O) groups is 2. The van der Waals surface area contributed by atoms with Crippen molar-refractivity contribution in [3.8, 4) is 29.3 Å². The lowest BCUT2D eigenvalue weighted by Gasteiger charge is -2.10. The molecule has 0 bridgehead atoms. The van der Waals surface area contributed by atoms with Crippen molar-refractivity contribution in [1.29, 1.82) is 0 Å². The second-order valence-corrected chi connectivity index (χ2v) is 6.95. The minimum absolute atomic E-state index is 0.133. The van der Waals surface area contributed by atoms with E-state index in [0.717, 1.165) is 0 Å². The van der Waals surface area contributed by atoms with Gasteiger partial charge in [-0.2, -0.15) is 5.10 Å². The maximum absolute atomic E-state index is 12.2. The van der Waals surface area contributed by atoms with Gasteiger partial charge in [0.25, 0.3) is 5.91 Å². The van der Waals surface area contributed by atoms with Crippen LogP contribution in [0, 0.1) is 12.3 Å². The Morgan fingerprint density at radius 3 is 2.53 bits per heavy atom. The van der Waals surface area contributed by atoms with Gasteiger partial charge in [0.2, 0.25) is 0 Å². The van der Waals surface area contributed by atoms with Gasteiger partial charge in [0.1, 0.15) is 0 Å². The molecule has 0 saturated heterocycles. The summed E-state index contributed by atoms with van der Waals surface area (Å²) in [5, 5.41) is 7.88. The van der Waals surface area contributed by atoms with Gasteiger partial charge >= 0.3 is 5.97 Å². The third-order valence-corrected chi connectivity index (χ3v) is 4.67. The first-order chi connectivity index (χ1) is 14.4. The number of hydrogen-bond acceptors (Lipinski definition) is 4. The fraction of sp³-hybridized carbons (Fsp3) is 0.136. The fourth-order valence-electron chi connectivity index (χ4n) is 2.76. The average molecular weight is 442 g/mol. The number of nitrogens with one attached hydrogen (secondary N) is 1. The molecule has 1 amide bonds.